The lowest BCUT2D eigenvalue weighted by atomic mass is 10.0. The molecule has 1 atom stereocenters. The highest BCUT2D eigenvalue weighted by atomic mass is 16.3. The van der Waals surface area contributed by atoms with Crippen LogP contribution in [0.5, 0.6) is 0 Å². The second-order valence-electron chi connectivity index (χ2n) is 4.87. The summed E-state index contributed by atoms with van der Waals surface area (Å²) >= 11 is 0. The van der Waals surface area contributed by atoms with Crippen molar-refractivity contribution in [3.8, 4) is 0 Å². The fourth-order valence-corrected chi connectivity index (χ4v) is 2.23. The van der Waals surface area contributed by atoms with Gasteiger partial charge in [0.15, 0.2) is 5.58 Å². The maximum Gasteiger partial charge on any atom is 0.228 e. The summed E-state index contributed by atoms with van der Waals surface area (Å²) in [5.74, 6) is 0.709. The van der Waals surface area contributed by atoms with E-state index in [2.05, 4.69) is 11.1 Å². The predicted octanol–water partition coefficient (Wildman–Crippen LogP) is 2.14. The molecule has 0 amide bonds. The lowest BCUT2D eigenvalue weighted by Gasteiger charge is -2.47. The van der Waals surface area contributed by atoms with E-state index in [4.69, 9.17) is 12.4 Å². The van der Waals surface area contributed by atoms with Gasteiger partial charge in [-0.3, -0.25) is 0 Å². The zero-order chi connectivity index (χ0) is 11.9. The quantitative estimate of drug-likeness (QED) is 0.695. The van der Waals surface area contributed by atoms with Crippen LogP contribution in [0.25, 0.3) is 16.7 Å². The number of aromatic nitrogens is 1. The summed E-state index contributed by atoms with van der Waals surface area (Å²) in [6, 6.07) is 7.82. The Balaban J connectivity index is 2.01. The number of likely N-dealkylation sites (N-methyl/N-ethyl adjacent to an activating group) is 1. The fraction of sp³-hybridized carbons (Fsp3) is 0.308. The Morgan fingerprint density at radius 1 is 1.35 bits per heavy atom. The number of hydrogen-bond donors (Lipinski definition) is 0. The highest BCUT2D eigenvalue weighted by Crippen LogP contribution is 2.25. The molecule has 0 fully saturated rings. The molecule has 0 aliphatic carbocycles. The van der Waals surface area contributed by atoms with Crippen LogP contribution in [0.1, 0.15) is 12.3 Å². The molecule has 3 nitrogen and oxygen atoms in total. The van der Waals surface area contributed by atoms with Crippen LogP contribution in [-0.4, -0.2) is 37.5 Å². The van der Waals surface area contributed by atoms with Crippen molar-refractivity contribution in [2.24, 2.45) is 0 Å². The van der Waals surface area contributed by atoms with Crippen molar-refractivity contribution in [3.63, 3.8) is 0 Å². The highest BCUT2D eigenvalue weighted by molar-refractivity contribution is 5.98. The first-order valence-electron chi connectivity index (χ1n) is 5.82. The monoisotopic (exact) mass is 225 g/mol. The van der Waals surface area contributed by atoms with Crippen molar-refractivity contribution >= 4 is 24.7 Å². The van der Waals surface area contributed by atoms with E-state index < -0.39 is 0 Å². The Hall–Kier alpha value is -1.55. The molecule has 1 aliphatic heterocycles. The summed E-state index contributed by atoms with van der Waals surface area (Å²) < 4.78 is 6.26. The zero-order valence-electron chi connectivity index (χ0n) is 9.89. The van der Waals surface area contributed by atoms with E-state index in [-0.39, 0.29) is 0 Å². The third kappa shape index (κ3) is 2.00. The fourth-order valence-electron chi connectivity index (χ4n) is 2.23. The molecule has 3 rings (SSSR count). The summed E-state index contributed by atoms with van der Waals surface area (Å²) in [4.78, 5) is 4.50. The molecule has 4 heteroatoms. The number of oxazole rings is 1. The SMILES string of the molecule is [B-][N+]1(C)CCC=C(c2nc3ccccc3o2)C1. The van der Waals surface area contributed by atoms with E-state index >= 15 is 0 Å². The number of fused-ring (bicyclic) bond motifs is 1. The largest absolute Gasteiger partial charge is 0.586 e. The maximum atomic E-state index is 6.13. The van der Waals surface area contributed by atoms with Crippen LogP contribution in [-0.2, 0) is 0 Å². The van der Waals surface area contributed by atoms with E-state index in [0.717, 1.165) is 36.2 Å². The van der Waals surface area contributed by atoms with Gasteiger partial charge in [0.1, 0.15) is 5.52 Å². The first-order valence-corrected chi connectivity index (χ1v) is 5.82. The molecule has 0 bridgehead atoms. The maximum absolute atomic E-state index is 6.13. The number of hydrogen-bond acceptors (Lipinski definition) is 2. The Kier molecular flexibility index (Phi) is 2.33. The van der Waals surface area contributed by atoms with Gasteiger partial charge in [0.2, 0.25) is 5.89 Å². The zero-order valence-corrected chi connectivity index (χ0v) is 9.89. The molecule has 1 aromatic carbocycles. The van der Waals surface area contributed by atoms with Crippen molar-refractivity contribution < 1.29 is 8.81 Å². The first-order chi connectivity index (χ1) is 8.14. The van der Waals surface area contributed by atoms with E-state index in [1.54, 1.807) is 0 Å². The highest BCUT2D eigenvalue weighted by Gasteiger charge is 2.18. The minimum Gasteiger partial charge on any atom is -0.586 e. The van der Waals surface area contributed by atoms with Gasteiger partial charge in [0.25, 0.3) is 0 Å². The van der Waals surface area contributed by atoms with Crippen LogP contribution >= 0.6 is 0 Å². The average molecular weight is 225 g/mol. The lowest BCUT2D eigenvalue weighted by Crippen LogP contribution is -2.45. The van der Waals surface area contributed by atoms with Gasteiger partial charge in [-0.25, -0.2) is 13.0 Å². The Morgan fingerprint density at radius 2 is 2.18 bits per heavy atom. The minimum atomic E-state index is 0.505. The van der Waals surface area contributed by atoms with Gasteiger partial charge in [-0.05, 0) is 12.1 Å². The molecule has 1 unspecified atom stereocenters. The van der Waals surface area contributed by atoms with E-state index in [1.165, 1.54) is 0 Å². The lowest BCUT2D eigenvalue weighted by molar-refractivity contribution is -0.788. The molecular weight excluding hydrogens is 211 g/mol. The summed E-state index contributed by atoms with van der Waals surface area (Å²) in [6.45, 7) is 1.73. The van der Waals surface area contributed by atoms with Crippen molar-refractivity contribution in [3.05, 3.63) is 36.2 Å². The van der Waals surface area contributed by atoms with Gasteiger partial charge in [0.05, 0.1) is 12.1 Å². The number of rotatable bonds is 1. The van der Waals surface area contributed by atoms with Crippen molar-refractivity contribution in [2.45, 2.75) is 6.42 Å². The van der Waals surface area contributed by atoms with Gasteiger partial charge in [-0.15, -0.1) is 0 Å². The molecule has 2 aromatic rings. The summed E-state index contributed by atoms with van der Waals surface area (Å²) in [7, 11) is 8.15. The predicted molar refractivity (Wildman–Crippen MR) is 68.3 cm³/mol. The Bertz CT molecular complexity index is 553. The van der Waals surface area contributed by atoms with Crippen molar-refractivity contribution in [1.82, 2.24) is 4.98 Å². The van der Waals surface area contributed by atoms with Crippen LogP contribution < -0.4 is 0 Å². The Morgan fingerprint density at radius 3 is 2.94 bits per heavy atom. The molecule has 0 saturated carbocycles. The molecule has 17 heavy (non-hydrogen) atoms. The second kappa shape index (κ2) is 3.74. The van der Waals surface area contributed by atoms with Gasteiger partial charge >= 0.3 is 0 Å². The van der Waals surface area contributed by atoms with E-state index in [1.807, 2.05) is 31.3 Å². The van der Waals surface area contributed by atoms with Crippen LogP contribution in [0.15, 0.2) is 34.8 Å². The van der Waals surface area contributed by atoms with Crippen LogP contribution in [0.4, 0.5) is 0 Å². The molecule has 1 aliphatic rings. The Labute approximate surface area is 102 Å². The van der Waals surface area contributed by atoms with E-state index in [0.29, 0.717) is 10.3 Å². The van der Waals surface area contributed by atoms with Crippen LogP contribution in [0, 0.1) is 0 Å². The average Bonchev–Trinajstić information content (AvgIpc) is 2.71. The van der Waals surface area contributed by atoms with Crippen LogP contribution in [0.2, 0.25) is 0 Å². The van der Waals surface area contributed by atoms with Crippen molar-refractivity contribution in [2.75, 3.05) is 20.1 Å². The van der Waals surface area contributed by atoms with Crippen LogP contribution in [0.3, 0.4) is 0 Å². The second-order valence-corrected chi connectivity index (χ2v) is 4.87. The summed E-state index contributed by atoms with van der Waals surface area (Å²) in [5.41, 5.74) is 2.85. The number of para-hydroxylation sites is 2. The van der Waals surface area contributed by atoms with Gasteiger partial charge in [-0.2, -0.15) is 0 Å². The molecular formula is C13H14BN2O. The first kappa shape index (κ1) is 10.6. The standard InChI is InChI=1S/C13H14BN2O/c1-16(14)8-4-5-10(9-16)13-15-11-6-2-3-7-12(11)17-13/h2-3,5-7H,4,8-9H2,1H3. The molecule has 2 heterocycles. The molecule has 0 saturated heterocycles. The smallest absolute Gasteiger partial charge is 0.228 e. The minimum absolute atomic E-state index is 0.505. The third-order valence-electron chi connectivity index (χ3n) is 3.13. The summed E-state index contributed by atoms with van der Waals surface area (Å²) in [5, 5.41) is 0. The molecule has 0 N–H and O–H groups in total. The van der Waals surface area contributed by atoms with Gasteiger partial charge in [0, 0.05) is 20.0 Å². The third-order valence-corrected chi connectivity index (χ3v) is 3.13. The number of quaternary nitrogens is 1. The van der Waals surface area contributed by atoms with Gasteiger partial charge < -0.3 is 8.81 Å². The molecule has 1 aromatic heterocycles. The number of benzene rings is 1. The topological polar surface area (TPSA) is 26.0 Å². The number of nitrogens with zero attached hydrogens (tertiary/aromatic N) is 2. The summed E-state index contributed by atoms with van der Waals surface area (Å²) in [6.07, 6.45) is 3.15. The molecule has 85 valence electrons. The van der Waals surface area contributed by atoms with E-state index in [9.17, 15) is 0 Å². The van der Waals surface area contributed by atoms with Gasteiger partial charge in [-0.1, -0.05) is 18.2 Å². The molecule has 0 spiro atoms. The van der Waals surface area contributed by atoms with Crippen molar-refractivity contribution in [1.29, 1.82) is 0 Å². The molecule has 3 radical (unpaired) electrons. The normalized spacial score (nSPS) is 24.9.